The molecule has 4 aromatic rings. The second kappa shape index (κ2) is 8.53. The molecule has 31 heavy (non-hydrogen) atoms. The van der Waals surface area contributed by atoms with Gasteiger partial charge in [-0.25, -0.2) is 0 Å². The van der Waals surface area contributed by atoms with Crippen LogP contribution < -0.4 is 10.9 Å². The van der Waals surface area contributed by atoms with Crippen LogP contribution in [-0.2, 0) is 7.05 Å². The van der Waals surface area contributed by atoms with Crippen molar-refractivity contribution in [1.82, 2.24) is 29.9 Å². The molecule has 0 aliphatic heterocycles. The lowest BCUT2D eigenvalue weighted by Crippen LogP contribution is -2.35. The van der Waals surface area contributed by atoms with E-state index in [1.54, 1.807) is 61.4 Å². The van der Waals surface area contributed by atoms with Gasteiger partial charge in [-0.15, -0.1) is 0 Å². The Morgan fingerprint density at radius 3 is 2.58 bits per heavy atom. The number of aryl methyl sites for hydroxylation is 1. The van der Waals surface area contributed by atoms with Crippen molar-refractivity contribution in [1.29, 1.82) is 0 Å². The number of benzene rings is 1. The molecule has 0 aliphatic rings. The minimum atomic E-state index is -0.545. The number of halogens is 1. The first-order valence-electron chi connectivity index (χ1n) is 9.53. The van der Waals surface area contributed by atoms with Gasteiger partial charge in [-0.2, -0.15) is 14.9 Å². The van der Waals surface area contributed by atoms with Crippen LogP contribution in [0.4, 0.5) is 0 Å². The molecule has 1 amide bonds. The van der Waals surface area contributed by atoms with Gasteiger partial charge in [0, 0.05) is 23.8 Å². The molecule has 0 saturated heterocycles. The van der Waals surface area contributed by atoms with Gasteiger partial charge in [0.15, 0.2) is 0 Å². The number of amides is 1. The van der Waals surface area contributed by atoms with Crippen molar-refractivity contribution in [2.45, 2.75) is 13.0 Å². The number of carbonyl (C=O) groups excluding carboxylic acids is 1. The molecule has 0 saturated carbocycles. The second-order valence-electron chi connectivity index (χ2n) is 6.99. The van der Waals surface area contributed by atoms with Gasteiger partial charge in [0.2, 0.25) is 0 Å². The van der Waals surface area contributed by atoms with E-state index in [4.69, 9.17) is 11.6 Å². The van der Waals surface area contributed by atoms with Crippen LogP contribution in [-0.4, -0.2) is 30.5 Å². The smallest absolute Gasteiger partial charge is 0.284 e. The largest absolute Gasteiger partial charge is 0.344 e. The van der Waals surface area contributed by atoms with E-state index in [2.05, 4.69) is 20.5 Å². The number of pyridine rings is 1. The van der Waals surface area contributed by atoms with Gasteiger partial charge in [-0.3, -0.25) is 19.3 Å². The highest BCUT2D eigenvalue weighted by molar-refractivity contribution is 6.30. The van der Waals surface area contributed by atoms with Crippen molar-refractivity contribution in [2.75, 3.05) is 0 Å². The lowest BCUT2D eigenvalue weighted by Gasteiger charge is -2.14. The Morgan fingerprint density at radius 1 is 1.16 bits per heavy atom. The fraction of sp³-hybridized carbons (Fsp3) is 0.136. The molecule has 0 unspecified atom stereocenters. The van der Waals surface area contributed by atoms with Crippen LogP contribution in [0.15, 0.2) is 71.9 Å². The van der Waals surface area contributed by atoms with Crippen molar-refractivity contribution >= 4 is 17.5 Å². The number of hydrogen-bond acceptors (Lipinski definition) is 5. The summed E-state index contributed by atoms with van der Waals surface area (Å²) in [6.07, 6.45) is 4.81. The van der Waals surface area contributed by atoms with E-state index in [9.17, 15) is 9.59 Å². The summed E-state index contributed by atoms with van der Waals surface area (Å²) >= 11 is 5.99. The van der Waals surface area contributed by atoms with E-state index in [0.717, 1.165) is 0 Å². The van der Waals surface area contributed by atoms with Gasteiger partial charge in [0.25, 0.3) is 11.5 Å². The van der Waals surface area contributed by atoms with E-state index < -0.39 is 11.5 Å². The molecule has 0 radical (unpaired) electrons. The van der Waals surface area contributed by atoms with E-state index >= 15 is 0 Å². The SMILES string of the molecule is C[C@H](NC(=O)c1cc(-c2ccc(Cl)cc2)nn(-c2cnn(C)c2)c1=O)c1ccccn1. The summed E-state index contributed by atoms with van der Waals surface area (Å²) in [6.45, 7) is 1.81. The molecule has 1 atom stereocenters. The summed E-state index contributed by atoms with van der Waals surface area (Å²) in [5, 5.41) is 12.0. The van der Waals surface area contributed by atoms with Crippen LogP contribution in [0.5, 0.6) is 0 Å². The van der Waals surface area contributed by atoms with Crippen molar-refractivity contribution in [3.8, 4) is 16.9 Å². The van der Waals surface area contributed by atoms with Gasteiger partial charge in [0.1, 0.15) is 11.3 Å². The topological polar surface area (TPSA) is 94.7 Å². The molecular weight excluding hydrogens is 416 g/mol. The summed E-state index contributed by atoms with van der Waals surface area (Å²) in [5.41, 5.74) is 1.73. The number of carbonyl (C=O) groups is 1. The minimum absolute atomic E-state index is 0.0356. The molecule has 0 aliphatic carbocycles. The molecule has 0 spiro atoms. The van der Waals surface area contributed by atoms with E-state index in [-0.39, 0.29) is 11.6 Å². The Balaban J connectivity index is 1.78. The highest BCUT2D eigenvalue weighted by Crippen LogP contribution is 2.20. The van der Waals surface area contributed by atoms with Crippen LogP contribution in [0, 0.1) is 0 Å². The molecule has 3 aromatic heterocycles. The predicted octanol–water partition coefficient (Wildman–Crippen LogP) is 3.17. The number of nitrogens with one attached hydrogen (secondary N) is 1. The number of rotatable bonds is 5. The molecule has 1 N–H and O–H groups in total. The average Bonchev–Trinajstić information content (AvgIpc) is 3.21. The van der Waals surface area contributed by atoms with Crippen molar-refractivity contribution in [3.05, 3.63) is 93.8 Å². The minimum Gasteiger partial charge on any atom is -0.344 e. The molecule has 4 rings (SSSR count). The Morgan fingerprint density at radius 2 is 1.94 bits per heavy atom. The highest BCUT2D eigenvalue weighted by Gasteiger charge is 2.20. The zero-order chi connectivity index (χ0) is 22.0. The maximum atomic E-state index is 13.1. The van der Waals surface area contributed by atoms with E-state index in [0.29, 0.717) is 27.7 Å². The van der Waals surface area contributed by atoms with Crippen molar-refractivity contribution in [3.63, 3.8) is 0 Å². The zero-order valence-electron chi connectivity index (χ0n) is 16.9. The molecule has 9 heteroatoms. The first-order valence-corrected chi connectivity index (χ1v) is 9.91. The van der Waals surface area contributed by atoms with E-state index in [1.807, 2.05) is 12.1 Å². The zero-order valence-corrected chi connectivity index (χ0v) is 17.6. The number of aromatic nitrogens is 5. The summed E-state index contributed by atoms with van der Waals surface area (Å²) in [6, 6.07) is 13.6. The molecule has 156 valence electrons. The number of nitrogens with zero attached hydrogens (tertiary/aromatic N) is 5. The molecule has 3 heterocycles. The fourth-order valence-electron chi connectivity index (χ4n) is 3.09. The maximum absolute atomic E-state index is 13.1. The van der Waals surface area contributed by atoms with Gasteiger partial charge in [0.05, 0.1) is 29.8 Å². The lowest BCUT2D eigenvalue weighted by atomic mass is 10.1. The quantitative estimate of drug-likeness (QED) is 0.520. The molecule has 0 fully saturated rings. The van der Waals surface area contributed by atoms with Crippen molar-refractivity contribution < 1.29 is 4.79 Å². The third-order valence-corrected chi connectivity index (χ3v) is 4.96. The fourth-order valence-corrected chi connectivity index (χ4v) is 3.22. The van der Waals surface area contributed by atoms with Gasteiger partial charge in [-0.05, 0) is 37.3 Å². The standard InChI is InChI=1S/C22H19ClN6O2/c1-14(19-5-3-4-10-24-19)26-21(30)18-11-20(15-6-8-16(23)9-7-15)27-29(22(18)31)17-12-25-28(2)13-17/h3-14H,1-2H3,(H,26,30)/t14-/m0/s1. The number of hydrogen-bond donors (Lipinski definition) is 1. The highest BCUT2D eigenvalue weighted by atomic mass is 35.5. The monoisotopic (exact) mass is 434 g/mol. The molecular formula is C22H19ClN6O2. The third kappa shape index (κ3) is 4.39. The Kier molecular flexibility index (Phi) is 5.64. The van der Waals surface area contributed by atoms with Gasteiger partial charge in [-0.1, -0.05) is 29.8 Å². The molecule has 0 bridgehead atoms. The van der Waals surface area contributed by atoms with Crippen LogP contribution in [0.25, 0.3) is 16.9 Å². The average molecular weight is 435 g/mol. The third-order valence-electron chi connectivity index (χ3n) is 4.71. The van der Waals surface area contributed by atoms with Crippen LogP contribution in [0.2, 0.25) is 5.02 Å². The summed E-state index contributed by atoms with van der Waals surface area (Å²) in [5.74, 6) is -0.515. The maximum Gasteiger partial charge on any atom is 0.284 e. The van der Waals surface area contributed by atoms with Crippen LogP contribution in [0.3, 0.4) is 0 Å². The molecule has 1 aromatic carbocycles. The van der Waals surface area contributed by atoms with E-state index in [1.165, 1.54) is 16.9 Å². The first-order chi connectivity index (χ1) is 14.9. The van der Waals surface area contributed by atoms with Crippen LogP contribution >= 0.6 is 11.6 Å². The Bertz CT molecular complexity index is 1280. The van der Waals surface area contributed by atoms with Gasteiger partial charge < -0.3 is 5.32 Å². The first kappa shape index (κ1) is 20.5. The lowest BCUT2D eigenvalue weighted by molar-refractivity contribution is 0.0937. The molecule has 8 nitrogen and oxygen atoms in total. The summed E-state index contributed by atoms with van der Waals surface area (Å²) in [7, 11) is 1.74. The predicted molar refractivity (Wildman–Crippen MR) is 117 cm³/mol. The normalized spacial score (nSPS) is 11.8. The Labute approximate surface area is 183 Å². The van der Waals surface area contributed by atoms with Gasteiger partial charge >= 0.3 is 0 Å². The Hall–Kier alpha value is -3.78. The summed E-state index contributed by atoms with van der Waals surface area (Å²) in [4.78, 5) is 30.5. The summed E-state index contributed by atoms with van der Waals surface area (Å²) < 4.78 is 2.73. The van der Waals surface area contributed by atoms with Crippen LogP contribution in [0.1, 0.15) is 29.0 Å². The second-order valence-corrected chi connectivity index (χ2v) is 7.43. The van der Waals surface area contributed by atoms with Crippen molar-refractivity contribution in [2.24, 2.45) is 7.05 Å².